The summed E-state index contributed by atoms with van der Waals surface area (Å²) in [4.78, 5) is 2.57. The van der Waals surface area contributed by atoms with Gasteiger partial charge >= 0.3 is 0 Å². The summed E-state index contributed by atoms with van der Waals surface area (Å²) in [6, 6.07) is 4.59. The third-order valence-electron chi connectivity index (χ3n) is 2.91. The lowest BCUT2D eigenvalue weighted by molar-refractivity contribution is 0.490. The summed E-state index contributed by atoms with van der Waals surface area (Å²) < 4.78 is 22.7. The number of sulfone groups is 1. The van der Waals surface area contributed by atoms with Crippen LogP contribution >= 0.6 is 11.3 Å². The molecule has 16 heavy (non-hydrogen) atoms. The molecule has 90 valence electrons. The van der Waals surface area contributed by atoms with Crippen LogP contribution in [0.1, 0.15) is 29.1 Å². The lowest BCUT2D eigenvalue weighted by atomic mass is 10.2. The van der Waals surface area contributed by atoms with Crippen LogP contribution in [-0.2, 0) is 9.84 Å². The first-order valence-corrected chi connectivity index (χ1v) is 8.13. The van der Waals surface area contributed by atoms with Gasteiger partial charge in [-0.05, 0) is 32.4 Å². The number of nitrogens with one attached hydrogen (secondary N) is 1. The quantitative estimate of drug-likeness (QED) is 0.901. The number of thiophene rings is 1. The van der Waals surface area contributed by atoms with Crippen LogP contribution in [0.3, 0.4) is 0 Å². The van der Waals surface area contributed by atoms with Gasteiger partial charge in [-0.15, -0.1) is 11.3 Å². The van der Waals surface area contributed by atoms with Crippen LogP contribution in [0, 0.1) is 6.92 Å². The number of aryl methyl sites for hydroxylation is 1. The Morgan fingerprint density at radius 1 is 1.50 bits per heavy atom. The van der Waals surface area contributed by atoms with Gasteiger partial charge in [0.15, 0.2) is 9.84 Å². The van der Waals surface area contributed by atoms with Crippen LogP contribution in [0.25, 0.3) is 0 Å². The molecule has 0 bridgehead atoms. The van der Waals surface area contributed by atoms with Crippen molar-refractivity contribution in [2.24, 2.45) is 0 Å². The summed E-state index contributed by atoms with van der Waals surface area (Å²) in [7, 11) is -2.78. The fourth-order valence-electron chi connectivity index (χ4n) is 2.05. The maximum Gasteiger partial charge on any atom is 0.151 e. The van der Waals surface area contributed by atoms with Crippen molar-refractivity contribution in [1.82, 2.24) is 5.32 Å². The highest BCUT2D eigenvalue weighted by Crippen LogP contribution is 2.24. The standard InChI is InChI=1S/C11H17NO2S2/c1-8-3-4-11(15-8)9(2)12-10-5-6-16(13,14)7-10/h3-4,9-10,12H,5-7H2,1-2H3. The van der Waals surface area contributed by atoms with Crippen molar-refractivity contribution in [2.75, 3.05) is 11.5 Å². The Balaban J connectivity index is 1.96. The maximum atomic E-state index is 11.3. The Morgan fingerprint density at radius 3 is 2.75 bits per heavy atom. The van der Waals surface area contributed by atoms with Crippen LogP contribution in [0.4, 0.5) is 0 Å². The van der Waals surface area contributed by atoms with Crippen molar-refractivity contribution in [3.05, 3.63) is 21.9 Å². The molecule has 1 aliphatic heterocycles. The highest BCUT2D eigenvalue weighted by molar-refractivity contribution is 7.91. The fraction of sp³-hybridized carbons (Fsp3) is 0.636. The molecule has 0 radical (unpaired) electrons. The van der Waals surface area contributed by atoms with Gasteiger partial charge in [-0.1, -0.05) is 0 Å². The summed E-state index contributed by atoms with van der Waals surface area (Å²) in [5, 5.41) is 3.40. The van der Waals surface area contributed by atoms with Gasteiger partial charge in [-0.2, -0.15) is 0 Å². The number of rotatable bonds is 3. The molecule has 0 amide bonds. The third-order valence-corrected chi connectivity index (χ3v) is 5.86. The van der Waals surface area contributed by atoms with Gasteiger partial charge in [0.2, 0.25) is 0 Å². The molecule has 0 spiro atoms. The van der Waals surface area contributed by atoms with E-state index in [1.807, 2.05) is 0 Å². The molecule has 0 saturated carbocycles. The lowest BCUT2D eigenvalue weighted by Gasteiger charge is -2.16. The Bertz CT molecular complexity index is 464. The molecule has 3 nitrogen and oxygen atoms in total. The van der Waals surface area contributed by atoms with E-state index < -0.39 is 9.84 Å². The third kappa shape index (κ3) is 2.84. The summed E-state index contributed by atoms with van der Waals surface area (Å²) in [6.07, 6.45) is 0.747. The van der Waals surface area contributed by atoms with Crippen molar-refractivity contribution in [3.8, 4) is 0 Å². The van der Waals surface area contributed by atoms with E-state index in [9.17, 15) is 8.42 Å². The normalized spacial score (nSPS) is 25.8. The highest BCUT2D eigenvalue weighted by atomic mass is 32.2. The lowest BCUT2D eigenvalue weighted by Crippen LogP contribution is -2.32. The van der Waals surface area contributed by atoms with Crippen molar-refractivity contribution in [3.63, 3.8) is 0 Å². The molecule has 1 saturated heterocycles. The van der Waals surface area contributed by atoms with Gasteiger partial charge in [0, 0.05) is 21.8 Å². The zero-order valence-electron chi connectivity index (χ0n) is 9.56. The second-order valence-corrected chi connectivity index (χ2v) is 7.98. The minimum atomic E-state index is -2.78. The smallest absolute Gasteiger partial charge is 0.151 e. The monoisotopic (exact) mass is 259 g/mol. The minimum Gasteiger partial charge on any atom is -0.306 e. The first kappa shape index (κ1) is 12.1. The predicted molar refractivity (Wildman–Crippen MR) is 67.7 cm³/mol. The fourth-order valence-corrected chi connectivity index (χ4v) is 4.62. The van der Waals surface area contributed by atoms with Gasteiger partial charge in [-0.3, -0.25) is 0 Å². The SMILES string of the molecule is Cc1ccc(C(C)NC2CCS(=O)(=O)C2)s1. The van der Waals surface area contributed by atoms with Gasteiger partial charge in [-0.25, -0.2) is 8.42 Å². The molecule has 2 atom stereocenters. The zero-order valence-corrected chi connectivity index (χ0v) is 11.2. The van der Waals surface area contributed by atoms with Crippen molar-refractivity contribution in [2.45, 2.75) is 32.4 Å². The topological polar surface area (TPSA) is 46.2 Å². The first-order chi connectivity index (χ1) is 7.46. The number of hydrogen-bond acceptors (Lipinski definition) is 4. The molecule has 5 heteroatoms. The summed E-state index contributed by atoms with van der Waals surface area (Å²) in [5.74, 6) is 0.628. The zero-order chi connectivity index (χ0) is 11.8. The van der Waals surface area contributed by atoms with Crippen LogP contribution in [0.15, 0.2) is 12.1 Å². The van der Waals surface area contributed by atoms with E-state index in [0.717, 1.165) is 6.42 Å². The number of hydrogen-bond donors (Lipinski definition) is 1. The van der Waals surface area contributed by atoms with Crippen LogP contribution < -0.4 is 5.32 Å². The molecule has 2 rings (SSSR count). The Kier molecular flexibility index (Phi) is 3.37. The van der Waals surface area contributed by atoms with E-state index >= 15 is 0 Å². The van der Waals surface area contributed by atoms with Crippen molar-refractivity contribution < 1.29 is 8.42 Å². The molecular formula is C11H17NO2S2. The van der Waals surface area contributed by atoms with E-state index in [0.29, 0.717) is 11.5 Å². The molecule has 1 aliphatic rings. The Hall–Kier alpha value is -0.390. The molecule has 1 aromatic heterocycles. The molecule has 1 aromatic rings. The van der Waals surface area contributed by atoms with E-state index in [1.165, 1.54) is 9.75 Å². The first-order valence-electron chi connectivity index (χ1n) is 5.49. The molecule has 2 unspecified atom stereocenters. The van der Waals surface area contributed by atoms with Crippen LogP contribution in [0.2, 0.25) is 0 Å². The van der Waals surface area contributed by atoms with Gasteiger partial charge in [0.25, 0.3) is 0 Å². The van der Waals surface area contributed by atoms with Gasteiger partial charge in [0.05, 0.1) is 11.5 Å². The summed E-state index contributed by atoms with van der Waals surface area (Å²) in [5.41, 5.74) is 0. The predicted octanol–water partition coefficient (Wildman–Crippen LogP) is 1.89. The molecule has 1 N–H and O–H groups in total. The highest BCUT2D eigenvalue weighted by Gasteiger charge is 2.28. The second kappa shape index (κ2) is 4.47. The maximum absolute atomic E-state index is 11.3. The molecule has 0 aromatic carbocycles. The largest absolute Gasteiger partial charge is 0.306 e. The Labute approximate surface area is 101 Å². The summed E-state index contributed by atoms with van der Waals surface area (Å²) >= 11 is 1.77. The molecule has 0 aliphatic carbocycles. The van der Waals surface area contributed by atoms with Crippen LogP contribution in [-0.4, -0.2) is 26.0 Å². The molecule has 1 fully saturated rings. The van der Waals surface area contributed by atoms with E-state index in [4.69, 9.17) is 0 Å². The average Bonchev–Trinajstić information content (AvgIpc) is 2.73. The van der Waals surface area contributed by atoms with Crippen LogP contribution in [0.5, 0.6) is 0 Å². The average molecular weight is 259 g/mol. The Morgan fingerprint density at radius 2 is 2.25 bits per heavy atom. The van der Waals surface area contributed by atoms with Crippen molar-refractivity contribution in [1.29, 1.82) is 0 Å². The van der Waals surface area contributed by atoms with E-state index in [-0.39, 0.29) is 12.1 Å². The minimum absolute atomic E-state index is 0.127. The van der Waals surface area contributed by atoms with Gasteiger partial charge in [0.1, 0.15) is 0 Å². The van der Waals surface area contributed by atoms with Gasteiger partial charge < -0.3 is 5.32 Å². The molecular weight excluding hydrogens is 242 g/mol. The van der Waals surface area contributed by atoms with E-state index in [1.54, 1.807) is 11.3 Å². The second-order valence-electron chi connectivity index (χ2n) is 4.44. The van der Waals surface area contributed by atoms with Crippen molar-refractivity contribution >= 4 is 21.2 Å². The summed E-state index contributed by atoms with van der Waals surface area (Å²) in [6.45, 7) is 4.18. The van der Waals surface area contributed by atoms with E-state index in [2.05, 4.69) is 31.3 Å². The molecule has 2 heterocycles.